The molecule has 8 nitrogen and oxygen atoms in total. The molecule has 186 valence electrons. The Kier molecular flexibility index (Phi) is 5.26. The van der Waals surface area contributed by atoms with Crippen molar-refractivity contribution in [3.8, 4) is 28.2 Å². The van der Waals surface area contributed by atoms with E-state index in [2.05, 4.69) is 0 Å². The number of primary amides is 1. The first-order valence-corrected chi connectivity index (χ1v) is 12.1. The molecule has 1 fully saturated rings. The summed E-state index contributed by atoms with van der Waals surface area (Å²) in [5.41, 5.74) is 7.86. The lowest BCUT2D eigenvalue weighted by atomic mass is 9.74. The van der Waals surface area contributed by atoms with Crippen molar-refractivity contribution < 1.29 is 23.5 Å². The summed E-state index contributed by atoms with van der Waals surface area (Å²) in [6, 6.07) is 20.2. The second kappa shape index (κ2) is 8.51. The van der Waals surface area contributed by atoms with Gasteiger partial charge in [-0.2, -0.15) is 0 Å². The number of hydrogen-bond donors (Lipinski definition) is 1. The molecule has 2 amide bonds. The Labute approximate surface area is 212 Å². The molecule has 0 spiro atoms. The highest BCUT2D eigenvalue weighted by Crippen LogP contribution is 2.46. The molecule has 0 unspecified atom stereocenters. The molecule has 0 bridgehead atoms. The summed E-state index contributed by atoms with van der Waals surface area (Å²) < 4.78 is 17.6. The molecule has 4 aromatic rings. The van der Waals surface area contributed by atoms with Gasteiger partial charge in [0.25, 0.3) is 5.91 Å². The van der Waals surface area contributed by atoms with E-state index in [9.17, 15) is 14.4 Å². The van der Waals surface area contributed by atoms with Crippen LogP contribution in [0, 0.1) is 0 Å². The smallest absolute Gasteiger partial charge is 0.405 e. The third-order valence-electron chi connectivity index (χ3n) is 7.26. The quantitative estimate of drug-likeness (QED) is 0.428. The summed E-state index contributed by atoms with van der Waals surface area (Å²) in [4.78, 5) is 39.1. The average molecular weight is 497 g/mol. The Morgan fingerprint density at radius 3 is 2.35 bits per heavy atom. The number of fused-ring (bicyclic) bond motifs is 3. The average Bonchev–Trinajstić information content (AvgIpc) is 2.88. The molecular weight excluding hydrogens is 472 g/mol. The Bertz CT molecular complexity index is 1600. The summed E-state index contributed by atoms with van der Waals surface area (Å²) in [5, 5.41) is 0.354. The number of carbonyl (C=O) groups is 2. The highest BCUT2D eigenvalue weighted by Gasteiger charge is 2.42. The van der Waals surface area contributed by atoms with Crippen LogP contribution in [-0.4, -0.2) is 25.7 Å². The van der Waals surface area contributed by atoms with Gasteiger partial charge in [0.15, 0.2) is 17.9 Å². The van der Waals surface area contributed by atoms with Gasteiger partial charge in [0.05, 0.1) is 16.6 Å². The van der Waals surface area contributed by atoms with E-state index >= 15 is 0 Å². The van der Waals surface area contributed by atoms with Gasteiger partial charge < -0.3 is 24.5 Å². The van der Waals surface area contributed by atoms with Gasteiger partial charge in [-0.1, -0.05) is 54.6 Å². The van der Waals surface area contributed by atoms with E-state index in [1.54, 1.807) is 19.2 Å². The number of rotatable bonds is 4. The number of carbonyl (C=O) groups excluding carboxylic acids is 2. The van der Waals surface area contributed by atoms with Crippen LogP contribution in [0.3, 0.4) is 0 Å². The maximum Gasteiger partial charge on any atom is 0.405 e. The van der Waals surface area contributed by atoms with Crippen LogP contribution < -0.4 is 20.8 Å². The van der Waals surface area contributed by atoms with Gasteiger partial charge in [-0.15, -0.1) is 0 Å². The molecule has 2 N–H and O–H groups in total. The maximum atomic E-state index is 14.0. The van der Waals surface area contributed by atoms with Crippen molar-refractivity contribution >= 4 is 28.7 Å². The molecule has 2 aliphatic rings. The molecule has 3 aromatic carbocycles. The largest absolute Gasteiger partial charge is 0.478 e. The van der Waals surface area contributed by atoms with Gasteiger partial charge in [-0.3, -0.25) is 9.59 Å². The monoisotopic (exact) mass is 496 g/mol. The van der Waals surface area contributed by atoms with Gasteiger partial charge in [-0.05, 0) is 42.5 Å². The topological polar surface area (TPSA) is 112 Å². The van der Waals surface area contributed by atoms with Gasteiger partial charge in [0, 0.05) is 12.6 Å². The number of likely N-dealkylation sites (N-methyl/N-ethyl adjacent to an activating group) is 1. The molecular formula is C29H24N2O6. The summed E-state index contributed by atoms with van der Waals surface area (Å²) in [6.45, 7) is -0.134. The Morgan fingerprint density at radius 2 is 1.70 bits per heavy atom. The normalized spacial score (nSPS) is 16.0. The third kappa shape index (κ3) is 3.64. The van der Waals surface area contributed by atoms with Gasteiger partial charge in [0.2, 0.25) is 5.43 Å². The van der Waals surface area contributed by atoms with Crippen LogP contribution in [0.4, 0.5) is 10.5 Å². The minimum atomic E-state index is -0.803. The lowest BCUT2D eigenvalue weighted by molar-refractivity contribution is -0.120. The lowest BCUT2D eigenvalue weighted by Gasteiger charge is -2.40. The fourth-order valence-electron chi connectivity index (χ4n) is 5.13. The predicted molar refractivity (Wildman–Crippen MR) is 138 cm³/mol. The first-order chi connectivity index (χ1) is 17.9. The van der Waals surface area contributed by atoms with E-state index in [-0.39, 0.29) is 17.9 Å². The molecule has 8 heteroatoms. The number of amides is 2. The molecule has 1 aliphatic carbocycles. The van der Waals surface area contributed by atoms with Crippen LogP contribution in [0.25, 0.3) is 33.4 Å². The zero-order chi connectivity index (χ0) is 25.7. The summed E-state index contributed by atoms with van der Waals surface area (Å²) in [6.07, 6.45) is 1.53. The Hall–Kier alpha value is -4.59. The molecule has 6 rings (SSSR count). The van der Waals surface area contributed by atoms with E-state index in [1.807, 2.05) is 54.6 Å². The third-order valence-corrected chi connectivity index (χ3v) is 7.26. The zero-order valence-corrected chi connectivity index (χ0v) is 20.2. The standard InChI is InChI=1S/C29H24N2O6/c1-31-21-13-12-20-24(33)23(17-8-10-19(11-9-17)29(14-5-15-29)37-28(30)34)25(18-6-3-2-4-7-18)36-26(20)27(21)35-16-22(31)32/h2-4,6-13H,5,14-16H2,1H3,(H2,30,34). The van der Waals surface area contributed by atoms with Crippen LogP contribution in [0.1, 0.15) is 24.8 Å². The van der Waals surface area contributed by atoms with Crippen LogP contribution in [0.2, 0.25) is 0 Å². The summed E-state index contributed by atoms with van der Waals surface area (Å²) in [5.74, 6) is 0.583. The second-order valence-corrected chi connectivity index (χ2v) is 9.38. The summed E-state index contributed by atoms with van der Waals surface area (Å²) in [7, 11) is 1.67. The molecule has 1 aliphatic heterocycles. The minimum absolute atomic E-state index is 0.134. The SMILES string of the molecule is CN1C(=O)COc2c1ccc1c(=O)c(-c3ccc(C4(OC(N)=O)CCC4)cc3)c(-c3ccccc3)oc21. The molecule has 0 radical (unpaired) electrons. The highest BCUT2D eigenvalue weighted by molar-refractivity contribution is 6.03. The first-order valence-electron chi connectivity index (χ1n) is 12.1. The molecule has 1 saturated carbocycles. The molecule has 1 aromatic heterocycles. The number of anilines is 1. The van der Waals surface area contributed by atoms with Crippen LogP contribution >= 0.6 is 0 Å². The van der Waals surface area contributed by atoms with E-state index < -0.39 is 11.7 Å². The highest BCUT2D eigenvalue weighted by atomic mass is 16.6. The molecule has 0 saturated heterocycles. The molecule has 0 atom stereocenters. The Balaban J connectivity index is 1.55. The molecule has 2 heterocycles. The molecule has 37 heavy (non-hydrogen) atoms. The van der Waals surface area contributed by atoms with E-state index in [0.717, 1.165) is 17.5 Å². The van der Waals surface area contributed by atoms with E-state index in [4.69, 9.17) is 19.6 Å². The van der Waals surface area contributed by atoms with Crippen LogP contribution in [-0.2, 0) is 15.1 Å². The van der Waals surface area contributed by atoms with Crippen molar-refractivity contribution in [2.45, 2.75) is 24.9 Å². The van der Waals surface area contributed by atoms with Crippen LogP contribution in [0.5, 0.6) is 5.75 Å². The number of ether oxygens (including phenoxy) is 2. The Morgan fingerprint density at radius 1 is 0.973 bits per heavy atom. The van der Waals surface area contributed by atoms with E-state index in [0.29, 0.717) is 52.1 Å². The van der Waals surface area contributed by atoms with Crippen molar-refractivity contribution in [3.63, 3.8) is 0 Å². The minimum Gasteiger partial charge on any atom is -0.478 e. The van der Waals surface area contributed by atoms with Crippen molar-refractivity contribution in [2.24, 2.45) is 5.73 Å². The number of benzene rings is 3. The van der Waals surface area contributed by atoms with Gasteiger partial charge in [0.1, 0.15) is 11.4 Å². The van der Waals surface area contributed by atoms with Crippen molar-refractivity contribution in [3.05, 3.63) is 82.5 Å². The lowest BCUT2D eigenvalue weighted by Crippen LogP contribution is -2.40. The van der Waals surface area contributed by atoms with Crippen molar-refractivity contribution in [2.75, 3.05) is 18.6 Å². The van der Waals surface area contributed by atoms with Crippen molar-refractivity contribution in [1.82, 2.24) is 0 Å². The maximum absolute atomic E-state index is 14.0. The van der Waals surface area contributed by atoms with Crippen molar-refractivity contribution in [1.29, 1.82) is 0 Å². The fourth-order valence-corrected chi connectivity index (χ4v) is 5.13. The zero-order valence-electron chi connectivity index (χ0n) is 20.2. The van der Waals surface area contributed by atoms with Crippen LogP contribution in [0.15, 0.2) is 75.9 Å². The van der Waals surface area contributed by atoms with E-state index in [1.165, 1.54) is 4.90 Å². The predicted octanol–water partition coefficient (Wildman–Crippen LogP) is 4.96. The fraction of sp³-hybridized carbons (Fsp3) is 0.207. The van der Waals surface area contributed by atoms with Gasteiger partial charge in [-0.25, -0.2) is 4.79 Å². The first kappa shape index (κ1) is 22.8. The summed E-state index contributed by atoms with van der Waals surface area (Å²) >= 11 is 0. The number of nitrogens with two attached hydrogens (primary N) is 1. The van der Waals surface area contributed by atoms with Gasteiger partial charge >= 0.3 is 6.09 Å². The number of hydrogen-bond acceptors (Lipinski definition) is 6. The second-order valence-electron chi connectivity index (χ2n) is 9.38. The number of nitrogens with zero attached hydrogens (tertiary/aromatic N) is 1.